The van der Waals surface area contributed by atoms with Gasteiger partial charge in [0.15, 0.2) is 0 Å². The number of anilines is 1. The van der Waals surface area contributed by atoms with Gasteiger partial charge in [-0.3, -0.25) is 9.59 Å². The van der Waals surface area contributed by atoms with E-state index in [-0.39, 0.29) is 41.6 Å². The lowest BCUT2D eigenvalue weighted by molar-refractivity contribution is -0.167. The first kappa shape index (κ1) is 31.4. The summed E-state index contributed by atoms with van der Waals surface area (Å²) in [4.78, 5) is 37.5. The van der Waals surface area contributed by atoms with Gasteiger partial charge >= 0.3 is 24.0 Å². The van der Waals surface area contributed by atoms with Crippen molar-refractivity contribution >= 4 is 23.5 Å². The number of allylic oxidation sites excluding steroid dienone is 1. The normalized spacial score (nSPS) is 20.6. The molecule has 0 saturated carbocycles. The van der Waals surface area contributed by atoms with E-state index in [4.69, 9.17) is 14.2 Å². The van der Waals surface area contributed by atoms with Gasteiger partial charge in [-0.15, -0.1) is 0 Å². The van der Waals surface area contributed by atoms with Crippen molar-refractivity contribution < 1.29 is 41.8 Å². The third-order valence-electron chi connectivity index (χ3n) is 8.07. The SMILES string of the molecule is CCCCCCOC(=O)C(C)[C@]1(C)CNCC/C1=C\Cc1c(NC(=O)C(F)(F)F)c2c(c(C)c1OC)COC2=O. The molecular formula is C29H39F3N2O6. The number of ether oxygens (including phenoxy) is 3. The number of carbonyl (C=O) groups excluding carboxylic acids is 3. The van der Waals surface area contributed by atoms with E-state index in [1.807, 2.05) is 25.2 Å². The first-order chi connectivity index (χ1) is 18.9. The molecule has 0 radical (unpaired) electrons. The van der Waals surface area contributed by atoms with Gasteiger partial charge in [0.05, 0.1) is 30.9 Å². The minimum Gasteiger partial charge on any atom is -0.496 e. The highest BCUT2D eigenvalue weighted by Crippen LogP contribution is 2.44. The summed E-state index contributed by atoms with van der Waals surface area (Å²) in [5.41, 5.74) is 1.10. The van der Waals surface area contributed by atoms with Crippen LogP contribution in [0.4, 0.5) is 18.9 Å². The van der Waals surface area contributed by atoms with Gasteiger partial charge in [-0.1, -0.05) is 51.7 Å². The first-order valence-electron chi connectivity index (χ1n) is 13.7. The smallest absolute Gasteiger partial charge is 0.471 e. The van der Waals surface area contributed by atoms with Crippen molar-refractivity contribution in [1.82, 2.24) is 5.32 Å². The molecule has 2 heterocycles. The second-order valence-corrected chi connectivity index (χ2v) is 10.6. The molecule has 222 valence electrons. The number of hydrogen-bond donors (Lipinski definition) is 2. The standard InChI is InChI=1S/C29H39F3N2O6/c1-6-7-8-9-14-39-25(35)18(3)28(4)16-33-13-12-19(28)10-11-20-23(34-27(37)29(30,31)32)22-21(15-40-26(22)36)17(2)24(20)38-5/h10,18,33H,6-9,11-16H2,1-5H3,(H,34,37)/b19-10+/t18?,28-/m0/s1. The molecule has 2 aliphatic heterocycles. The molecule has 0 spiro atoms. The Morgan fingerprint density at radius 1 is 1.25 bits per heavy atom. The molecule has 1 fully saturated rings. The number of amides is 1. The number of nitrogens with one attached hydrogen (secondary N) is 2. The number of esters is 2. The fourth-order valence-electron chi connectivity index (χ4n) is 5.42. The zero-order valence-corrected chi connectivity index (χ0v) is 23.8. The van der Waals surface area contributed by atoms with Crippen molar-refractivity contribution in [3.63, 3.8) is 0 Å². The van der Waals surface area contributed by atoms with Crippen LogP contribution in [0, 0.1) is 18.3 Å². The lowest BCUT2D eigenvalue weighted by Gasteiger charge is -2.41. The van der Waals surface area contributed by atoms with Crippen LogP contribution >= 0.6 is 0 Å². The van der Waals surface area contributed by atoms with Crippen molar-refractivity contribution in [1.29, 1.82) is 0 Å². The van der Waals surface area contributed by atoms with Crippen molar-refractivity contribution in [2.24, 2.45) is 11.3 Å². The Labute approximate surface area is 233 Å². The molecule has 8 nitrogen and oxygen atoms in total. The Kier molecular flexibility index (Phi) is 10.3. The summed E-state index contributed by atoms with van der Waals surface area (Å²) in [6, 6.07) is 0. The average molecular weight is 569 g/mol. The van der Waals surface area contributed by atoms with Crippen LogP contribution in [0.15, 0.2) is 11.6 Å². The van der Waals surface area contributed by atoms with Crippen LogP contribution in [0.25, 0.3) is 0 Å². The fraction of sp³-hybridized carbons (Fsp3) is 0.621. The van der Waals surface area contributed by atoms with Crippen LogP contribution in [0.3, 0.4) is 0 Å². The molecule has 0 aliphatic carbocycles. The lowest BCUT2D eigenvalue weighted by atomic mass is 9.68. The topological polar surface area (TPSA) is 103 Å². The van der Waals surface area contributed by atoms with Gasteiger partial charge in [0.2, 0.25) is 0 Å². The Hall–Kier alpha value is -3.08. The monoisotopic (exact) mass is 568 g/mol. The van der Waals surface area contributed by atoms with E-state index in [1.54, 1.807) is 6.92 Å². The average Bonchev–Trinajstić information content (AvgIpc) is 3.30. The number of fused-ring (bicyclic) bond motifs is 1. The Bertz CT molecular complexity index is 1160. The van der Waals surface area contributed by atoms with Crippen LogP contribution in [-0.2, 0) is 32.1 Å². The number of rotatable bonds is 11. The second-order valence-electron chi connectivity index (χ2n) is 10.6. The maximum Gasteiger partial charge on any atom is 0.471 e. The quantitative estimate of drug-likeness (QED) is 0.209. The molecule has 0 bridgehead atoms. The Morgan fingerprint density at radius 3 is 2.62 bits per heavy atom. The van der Waals surface area contributed by atoms with Crippen molar-refractivity contribution in [3.8, 4) is 5.75 Å². The van der Waals surface area contributed by atoms with Gasteiger partial charge in [0.1, 0.15) is 12.4 Å². The van der Waals surface area contributed by atoms with Gasteiger partial charge in [-0.05, 0) is 38.3 Å². The van der Waals surface area contributed by atoms with E-state index in [1.165, 1.54) is 7.11 Å². The number of benzene rings is 1. The summed E-state index contributed by atoms with van der Waals surface area (Å²) < 4.78 is 56.0. The number of alkyl halides is 3. The molecule has 1 aromatic carbocycles. The minimum atomic E-state index is -5.16. The molecule has 40 heavy (non-hydrogen) atoms. The van der Waals surface area contributed by atoms with E-state index >= 15 is 0 Å². The fourth-order valence-corrected chi connectivity index (χ4v) is 5.42. The predicted octanol–water partition coefficient (Wildman–Crippen LogP) is 5.40. The third-order valence-corrected chi connectivity index (χ3v) is 8.07. The zero-order valence-electron chi connectivity index (χ0n) is 23.8. The molecule has 1 unspecified atom stereocenters. The number of methoxy groups -OCH3 is 1. The van der Waals surface area contributed by atoms with Gasteiger partial charge in [-0.2, -0.15) is 13.2 Å². The molecule has 2 aliphatic rings. The van der Waals surface area contributed by atoms with Crippen molar-refractivity contribution in [2.45, 2.75) is 79.0 Å². The van der Waals surface area contributed by atoms with Crippen LogP contribution < -0.4 is 15.4 Å². The Morgan fingerprint density at radius 2 is 1.98 bits per heavy atom. The molecule has 1 aromatic rings. The number of hydrogen-bond acceptors (Lipinski definition) is 7. The molecule has 1 amide bonds. The first-order valence-corrected chi connectivity index (χ1v) is 13.7. The highest BCUT2D eigenvalue weighted by Gasteiger charge is 2.43. The van der Waals surface area contributed by atoms with E-state index in [0.29, 0.717) is 37.2 Å². The van der Waals surface area contributed by atoms with E-state index in [9.17, 15) is 27.6 Å². The van der Waals surface area contributed by atoms with E-state index in [0.717, 1.165) is 31.3 Å². The minimum absolute atomic E-state index is 0.0573. The highest BCUT2D eigenvalue weighted by atomic mass is 19.4. The Balaban J connectivity index is 1.98. The van der Waals surface area contributed by atoms with Crippen LogP contribution in [0.1, 0.15) is 79.9 Å². The largest absolute Gasteiger partial charge is 0.496 e. The van der Waals surface area contributed by atoms with Gasteiger partial charge in [0, 0.05) is 23.1 Å². The molecular weight excluding hydrogens is 529 g/mol. The summed E-state index contributed by atoms with van der Waals surface area (Å²) in [7, 11) is 1.38. The van der Waals surface area contributed by atoms with Crippen molar-refractivity contribution in [2.75, 3.05) is 32.1 Å². The molecule has 2 N–H and O–H groups in total. The summed E-state index contributed by atoms with van der Waals surface area (Å²) in [5, 5.41) is 5.24. The van der Waals surface area contributed by atoms with Crippen LogP contribution in [-0.4, -0.2) is 50.8 Å². The summed E-state index contributed by atoms with van der Waals surface area (Å²) >= 11 is 0. The number of halogens is 3. The second kappa shape index (κ2) is 13.1. The third kappa shape index (κ3) is 6.62. The number of carbonyl (C=O) groups is 3. The predicted molar refractivity (Wildman–Crippen MR) is 143 cm³/mol. The van der Waals surface area contributed by atoms with Gasteiger partial charge in [-0.25, -0.2) is 4.79 Å². The zero-order chi connectivity index (χ0) is 29.7. The highest BCUT2D eigenvalue weighted by molar-refractivity contribution is 6.07. The molecule has 2 atom stereocenters. The van der Waals surface area contributed by atoms with E-state index < -0.39 is 29.4 Å². The summed E-state index contributed by atoms with van der Waals surface area (Å²) in [6.07, 6.45) is 1.31. The van der Waals surface area contributed by atoms with Crippen molar-refractivity contribution in [3.05, 3.63) is 33.9 Å². The number of unbranched alkanes of at least 4 members (excludes halogenated alkanes) is 3. The summed E-state index contributed by atoms with van der Waals surface area (Å²) in [5.74, 6) is -3.53. The number of piperidine rings is 1. The molecule has 3 rings (SSSR count). The van der Waals surface area contributed by atoms with Gasteiger partial charge < -0.3 is 24.8 Å². The summed E-state index contributed by atoms with van der Waals surface area (Å²) in [6.45, 7) is 8.98. The van der Waals surface area contributed by atoms with Crippen LogP contribution in [0.5, 0.6) is 5.75 Å². The van der Waals surface area contributed by atoms with Crippen LogP contribution in [0.2, 0.25) is 0 Å². The molecule has 0 aromatic heterocycles. The lowest BCUT2D eigenvalue weighted by Crippen LogP contribution is -2.46. The number of cyclic esters (lactones) is 1. The molecule has 1 saturated heterocycles. The van der Waals surface area contributed by atoms with Gasteiger partial charge in [0.25, 0.3) is 0 Å². The maximum absolute atomic E-state index is 13.2. The maximum atomic E-state index is 13.2. The molecule has 11 heteroatoms. The van der Waals surface area contributed by atoms with E-state index in [2.05, 4.69) is 12.2 Å².